The van der Waals surface area contributed by atoms with Crippen molar-refractivity contribution in [2.45, 2.75) is 33.6 Å². The number of esters is 1. The summed E-state index contributed by atoms with van der Waals surface area (Å²) >= 11 is 0. The van der Waals surface area contributed by atoms with E-state index in [1.165, 1.54) is 5.56 Å². The van der Waals surface area contributed by atoms with Gasteiger partial charge in [0.1, 0.15) is 12.0 Å². The van der Waals surface area contributed by atoms with Gasteiger partial charge in [-0.1, -0.05) is 26.0 Å². The van der Waals surface area contributed by atoms with Gasteiger partial charge in [0.2, 0.25) is 0 Å². The molecule has 0 atom stereocenters. The topological polar surface area (TPSA) is 43.4 Å². The molecule has 22 heavy (non-hydrogen) atoms. The first-order valence-electron chi connectivity index (χ1n) is 7.31. The first-order valence-corrected chi connectivity index (χ1v) is 7.31. The highest BCUT2D eigenvalue weighted by Crippen LogP contribution is 2.25. The minimum Gasteiger partial charge on any atom is -0.422 e. The molecule has 0 radical (unpaired) electrons. The van der Waals surface area contributed by atoms with Gasteiger partial charge in [-0.15, -0.1) is 0 Å². The number of hydrogen-bond acceptors (Lipinski definition) is 3. The smallest absolute Gasteiger partial charge is 0.343 e. The Kier molecular flexibility index (Phi) is 4.76. The third kappa shape index (κ3) is 3.42. The summed E-state index contributed by atoms with van der Waals surface area (Å²) in [4.78, 5) is 23.1. The Labute approximate surface area is 130 Å². The monoisotopic (exact) mass is 296 g/mol. The van der Waals surface area contributed by atoms with E-state index in [1.54, 1.807) is 24.3 Å². The van der Waals surface area contributed by atoms with Crippen molar-refractivity contribution in [2.24, 2.45) is 0 Å². The Morgan fingerprint density at radius 3 is 2.05 bits per heavy atom. The van der Waals surface area contributed by atoms with E-state index in [4.69, 9.17) is 4.74 Å². The zero-order valence-electron chi connectivity index (χ0n) is 13.3. The number of carbonyl (C=O) groups excluding carboxylic acids is 2. The van der Waals surface area contributed by atoms with E-state index in [9.17, 15) is 9.59 Å². The summed E-state index contributed by atoms with van der Waals surface area (Å²) in [5, 5.41) is 0. The van der Waals surface area contributed by atoms with Gasteiger partial charge in [0.15, 0.2) is 0 Å². The Hall–Kier alpha value is -2.42. The van der Waals surface area contributed by atoms with Gasteiger partial charge >= 0.3 is 5.97 Å². The Bertz CT molecular complexity index is 674. The second-order valence-electron chi connectivity index (χ2n) is 5.77. The fraction of sp³-hybridized carbons (Fsp3) is 0.263. The predicted molar refractivity (Wildman–Crippen MR) is 86.8 cm³/mol. The van der Waals surface area contributed by atoms with Crippen LogP contribution in [0.1, 0.15) is 57.2 Å². The van der Waals surface area contributed by atoms with Crippen LogP contribution in [-0.2, 0) is 0 Å². The summed E-state index contributed by atoms with van der Waals surface area (Å²) in [7, 11) is 0. The number of benzene rings is 2. The lowest BCUT2D eigenvalue weighted by molar-refractivity contribution is 0.0732. The molecule has 2 aromatic carbocycles. The molecule has 0 aliphatic carbocycles. The van der Waals surface area contributed by atoms with Crippen molar-refractivity contribution >= 4 is 12.3 Å². The first-order chi connectivity index (χ1) is 10.4. The van der Waals surface area contributed by atoms with E-state index in [-0.39, 0.29) is 5.97 Å². The lowest BCUT2D eigenvalue weighted by Crippen LogP contribution is -2.10. The fourth-order valence-corrected chi connectivity index (χ4v) is 2.37. The van der Waals surface area contributed by atoms with E-state index >= 15 is 0 Å². The Balaban J connectivity index is 2.23. The number of hydrogen-bond donors (Lipinski definition) is 0. The SMILES string of the molecule is Cc1cc(C=O)cc(C)c1OC(=O)c1ccc(C(C)C)cc1. The molecule has 2 aromatic rings. The highest BCUT2D eigenvalue weighted by molar-refractivity contribution is 5.91. The van der Waals surface area contributed by atoms with Gasteiger partial charge in [0, 0.05) is 5.56 Å². The van der Waals surface area contributed by atoms with E-state index in [1.807, 2.05) is 26.0 Å². The van der Waals surface area contributed by atoms with Crippen molar-refractivity contribution in [2.75, 3.05) is 0 Å². The Morgan fingerprint density at radius 1 is 1.05 bits per heavy atom. The molecule has 0 bridgehead atoms. The van der Waals surface area contributed by atoms with Crippen LogP contribution >= 0.6 is 0 Å². The highest BCUT2D eigenvalue weighted by Gasteiger charge is 2.13. The van der Waals surface area contributed by atoms with Crippen molar-refractivity contribution in [3.8, 4) is 5.75 Å². The number of aryl methyl sites for hydroxylation is 2. The van der Waals surface area contributed by atoms with Crippen LogP contribution in [0, 0.1) is 13.8 Å². The minimum atomic E-state index is -0.389. The third-order valence-corrected chi connectivity index (χ3v) is 3.63. The van der Waals surface area contributed by atoms with Crippen LogP contribution in [0.5, 0.6) is 5.75 Å². The predicted octanol–water partition coefficient (Wildman–Crippen LogP) is 4.46. The van der Waals surface area contributed by atoms with Crippen molar-refractivity contribution < 1.29 is 14.3 Å². The summed E-state index contributed by atoms with van der Waals surface area (Å²) < 4.78 is 5.51. The summed E-state index contributed by atoms with van der Waals surface area (Å²) in [6.07, 6.45) is 0.788. The van der Waals surface area contributed by atoms with Crippen LogP contribution in [0.25, 0.3) is 0 Å². The molecule has 3 heteroatoms. The Morgan fingerprint density at radius 2 is 1.59 bits per heavy atom. The lowest BCUT2D eigenvalue weighted by atomic mass is 10.0. The van der Waals surface area contributed by atoms with Gasteiger partial charge in [-0.3, -0.25) is 4.79 Å². The molecule has 0 fully saturated rings. The van der Waals surface area contributed by atoms with Gasteiger partial charge < -0.3 is 4.74 Å². The quantitative estimate of drug-likeness (QED) is 0.475. The molecule has 0 spiro atoms. The van der Waals surface area contributed by atoms with Crippen molar-refractivity contribution in [3.63, 3.8) is 0 Å². The largest absolute Gasteiger partial charge is 0.422 e. The van der Waals surface area contributed by atoms with Gasteiger partial charge in [-0.25, -0.2) is 4.79 Å². The van der Waals surface area contributed by atoms with E-state index in [2.05, 4.69) is 13.8 Å². The molecule has 0 aliphatic heterocycles. The molecule has 0 saturated heterocycles. The van der Waals surface area contributed by atoms with Crippen LogP contribution < -0.4 is 4.74 Å². The number of aldehydes is 1. The fourth-order valence-electron chi connectivity index (χ4n) is 2.37. The molecule has 0 unspecified atom stereocenters. The van der Waals surface area contributed by atoms with Crippen LogP contribution in [0.3, 0.4) is 0 Å². The normalized spacial score (nSPS) is 10.6. The molecule has 0 N–H and O–H groups in total. The second kappa shape index (κ2) is 6.56. The van der Waals surface area contributed by atoms with Gasteiger partial charge in [-0.2, -0.15) is 0 Å². The van der Waals surface area contributed by atoms with E-state index in [0.717, 1.165) is 17.4 Å². The van der Waals surface area contributed by atoms with E-state index < -0.39 is 0 Å². The van der Waals surface area contributed by atoms with E-state index in [0.29, 0.717) is 22.8 Å². The maximum atomic E-state index is 12.3. The summed E-state index contributed by atoms with van der Waals surface area (Å²) in [5.41, 5.74) is 3.82. The maximum absolute atomic E-state index is 12.3. The van der Waals surface area contributed by atoms with Crippen LogP contribution in [0.15, 0.2) is 36.4 Å². The molecule has 0 amide bonds. The molecule has 0 aromatic heterocycles. The average Bonchev–Trinajstić information content (AvgIpc) is 2.50. The van der Waals surface area contributed by atoms with Gasteiger partial charge in [-0.05, 0) is 60.7 Å². The van der Waals surface area contributed by atoms with Gasteiger partial charge in [0.05, 0.1) is 5.56 Å². The molecule has 0 saturated carbocycles. The molecular weight excluding hydrogens is 276 g/mol. The molecule has 114 valence electrons. The third-order valence-electron chi connectivity index (χ3n) is 3.63. The maximum Gasteiger partial charge on any atom is 0.343 e. The molecule has 2 rings (SSSR count). The second-order valence-corrected chi connectivity index (χ2v) is 5.77. The van der Waals surface area contributed by atoms with Crippen LogP contribution in [-0.4, -0.2) is 12.3 Å². The van der Waals surface area contributed by atoms with Crippen LogP contribution in [0.4, 0.5) is 0 Å². The minimum absolute atomic E-state index is 0.389. The summed E-state index contributed by atoms with van der Waals surface area (Å²) in [6.45, 7) is 7.86. The molecule has 3 nitrogen and oxygen atoms in total. The van der Waals surface area contributed by atoms with Crippen molar-refractivity contribution in [1.29, 1.82) is 0 Å². The molecular formula is C19H20O3. The standard InChI is InChI=1S/C19H20O3/c1-12(2)16-5-7-17(8-6-16)19(21)22-18-13(3)9-15(11-20)10-14(18)4/h5-12H,1-4H3. The van der Waals surface area contributed by atoms with Crippen LogP contribution in [0.2, 0.25) is 0 Å². The first kappa shape index (κ1) is 16.0. The number of carbonyl (C=O) groups is 2. The van der Waals surface area contributed by atoms with Crippen molar-refractivity contribution in [1.82, 2.24) is 0 Å². The zero-order valence-corrected chi connectivity index (χ0v) is 13.3. The summed E-state index contributed by atoms with van der Waals surface area (Å²) in [5.74, 6) is 0.550. The molecule has 0 heterocycles. The average molecular weight is 296 g/mol. The summed E-state index contributed by atoms with van der Waals surface area (Å²) in [6, 6.07) is 10.9. The van der Waals surface area contributed by atoms with Gasteiger partial charge in [0.25, 0.3) is 0 Å². The number of rotatable bonds is 4. The zero-order chi connectivity index (χ0) is 16.3. The number of ether oxygens (including phenoxy) is 1. The van der Waals surface area contributed by atoms with Crippen molar-refractivity contribution in [3.05, 3.63) is 64.2 Å². The highest BCUT2D eigenvalue weighted by atomic mass is 16.5. The molecule has 0 aliphatic rings. The lowest BCUT2D eigenvalue weighted by Gasteiger charge is -2.12.